The molecule has 3 aliphatic heterocycles. The van der Waals surface area contributed by atoms with E-state index in [1.807, 2.05) is 0 Å². The smallest absolute Gasteiger partial charge is 0.312 e. The second-order valence-corrected chi connectivity index (χ2v) is 13.8. The molecule has 5 rings (SSSR count). The summed E-state index contributed by atoms with van der Waals surface area (Å²) >= 11 is 0. The van der Waals surface area contributed by atoms with Crippen molar-refractivity contribution in [2.75, 3.05) is 14.2 Å². The average Bonchev–Trinajstić information content (AvgIpc) is 3.36. The molecule has 0 radical (unpaired) electrons. The second kappa shape index (κ2) is 15.4. The van der Waals surface area contributed by atoms with Crippen LogP contribution in [-0.4, -0.2) is 88.9 Å². The lowest BCUT2D eigenvalue weighted by Gasteiger charge is -2.38. The molecule has 9 unspecified atom stereocenters. The molecular weight excluding hydrogens is 676 g/mol. The maximum atomic E-state index is 14.1. The van der Waals surface area contributed by atoms with Crippen LogP contribution < -0.4 is 15.4 Å². The van der Waals surface area contributed by atoms with Gasteiger partial charge in [-0.1, -0.05) is 45.9 Å². The second-order valence-electron chi connectivity index (χ2n) is 13.8. The topological polar surface area (TPSA) is 207 Å². The van der Waals surface area contributed by atoms with Crippen molar-refractivity contribution >= 4 is 29.2 Å². The van der Waals surface area contributed by atoms with E-state index in [1.54, 1.807) is 39.8 Å². The number of phenolic OH excluding ortho intramolecular Hbond substituents is 1. The summed E-state index contributed by atoms with van der Waals surface area (Å²) in [6.07, 6.45) is 3.38. The number of fused-ring (bicyclic) bond motifs is 14. The predicted octanol–water partition coefficient (Wildman–Crippen LogP) is 3.18. The summed E-state index contributed by atoms with van der Waals surface area (Å²) in [6, 6.07) is 0. The zero-order valence-electron chi connectivity index (χ0n) is 31.0. The Labute approximate surface area is 302 Å². The van der Waals surface area contributed by atoms with Gasteiger partial charge in [-0.15, -0.1) is 0 Å². The van der Waals surface area contributed by atoms with E-state index < -0.39 is 106 Å². The number of allylic oxidation sites excluding steroid dienone is 4. The number of carbonyl (C=O) groups excluding carboxylic acids is 5. The van der Waals surface area contributed by atoms with Crippen molar-refractivity contribution in [2.24, 2.45) is 23.7 Å². The maximum Gasteiger partial charge on any atom is 0.312 e. The Bertz CT molecular complexity index is 1790. The van der Waals surface area contributed by atoms with Crippen LogP contribution in [0.1, 0.15) is 85.1 Å². The number of aliphatic hydroxyl groups is 2. The summed E-state index contributed by atoms with van der Waals surface area (Å²) in [4.78, 5) is 67.5. The highest BCUT2D eigenvalue weighted by molar-refractivity contribution is 6.32. The molecule has 14 heteroatoms. The molecule has 0 saturated heterocycles. The first-order valence-corrected chi connectivity index (χ1v) is 17.0. The van der Waals surface area contributed by atoms with Crippen LogP contribution in [0, 0.1) is 30.6 Å². The molecule has 282 valence electrons. The number of methoxy groups -OCH3 is 1. The first-order chi connectivity index (χ1) is 24.3. The fraction of sp³-hybridized carbons (Fsp3) is 0.500. The Morgan fingerprint density at radius 1 is 0.942 bits per heavy atom. The summed E-state index contributed by atoms with van der Waals surface area (Å²) in [6.45, 7) is 12.3. The van der Waals surface area contributed by atoms with E-state index in [9.17, 15) is 39.3 Å². The number of aromatic hydroxyl groups is 1. The molecule has 52 heavy (non-hydrogen) atoms. The number of benzene rings is 1. The highest BCUT2D eigenvalue weighted by atomic mass is 16.7. The van der Waals surface area contributed by atoms with Crippen molar-refractivity contribution in [2.45, 2.75) is 85.6 Å². The summed E-state index contributed by atoms with van der Waals surface area (Å²) < 4.78 is 23.2. The number of rotatable bonds is 3. The van der Waals surface area contributed by atoms with Gasteiger partial charge in [0.2, 0.25) is 11.6 Å². The summed E-state index contributed by atoms with van der Waals surface area (Å²) in [5.41, 5.74) is -1.75. The van der Waals surface area contributed by atoms with Gasteiger partial charge in [-0.3, -0.25) is 24.0 Å². The van der Waals surface area contributed by atoms with Gasteiger partial charge in [0.05, 0.1) is 41.3 Å². The van der Waals surface area contributed by atoms with Gasteiger partial charge in [-0.05, 0) is 19.9 Å². The SMILES string of the molecule is CNC1=C2NC(=O)/C(C)=C\C=C/C(C)C(O)C(C)C(O)C(C)C(OC(C)=O)C(C)C(OC)/C=C\OC3(C)Oc4c(C)c(O)c(c(c4C3=O)C1=O)C2=O. The van der Waals surface area contributed by atoms with Gasteiger partial charge in [0.15, 0.2) is 0 Å². The van der Waals surface area contributed by atoms with Gasteiger partial charge in [-0.2, -0.15) is 0 Å². The van der Waals surface area contributed by atoms with Crippen molar-refractivity contribution in [3.8, 4) is 11.5 Å². The van der Waals surface area contributed by atoms with Gasteiger partial charge in [0.25, 0.3) is 11.7 Å². The molecule has 5 N–H and O–H groups in total. The van der Waals surface area contributed by atoms with Gasteiger partial charge in [0.1, 0.15) is 29.0 Å². The predicted molar refractivity (Wildman–Crippen MR) is 187 cm³/mol. The number of aliphatic hydroxyl groups excluding tert-OH is 2. The fourth-order valence-corrected chi connectivity index (χ4v) is 6.93. The average molecular weight is 725 g/mol. The number of hydrogen-bond donors (Lipinski definition) is 5. The molecule has 3 heterocycles. The first-order valence-electron chi connectivity index (χ1n) is 17.0. The third-order valence-corrected chi connectivity index (χ3v) is 10.2. The number of nitrogens with one attached hydrogen (secondary N) is 2. The minimum Gasteiger partial charge on any atom is -0.507 e. The van der Waals surface area contributed by atoms with Gasteiger partial charge >= 0.3 is 11.8 Å². The molecule has 0 saturated carbocycles. The monoisotopic (exact) mass is 724 g/mol. The van der Waals surface area contributed by atoms with Crippen LogP contribution in [-0.2, 0) is 23.8 Å². The van der Waals surface area contributed by atoms with Crippen molar-refractivity contribution in [3.63, 3.8) is 0 Å². The number of carbonyl (C=O) groups is 5. The Kier molecular flexibility index (Phi) is 11.9. The number of Topliss-reactive ketones (excluding diaryl/α,β-unsaturated/α-hetero) is 3. The van der Waals surface area contributed by atoms with Crippen LogP contribution in [0.15, 0.2) is 47.5 Å². The Balaban J connectivity index is 1.88. The van der Waals surface area contributed by atoms with E-state index in [4.69, 9.17) is 18.9 Å². The Morgan fingerprint density at radius 3 is 2.19 bits per heavy atom. The number of phenols is 1. The minimum absolute atomic E-state index is 0.00410. The van der Waals surface area contributed by atoms with Crippen molar-refractivity contribution < 1.29 is 58.2 Å². The molecule has 0 fully saturated rings. The number of hydrogen-bond acceptors (Lipinski definition) is 13. The number of ether oxygens (including phenoxy) is 4. The summed E-state index contributed by atoms with van der Waals surface area (Å²) in [5.74, 6) is -9.19. The van der Waals surface area contributed by atoms with E-state index in [0.717, 1.165) is 6.26 Å². The number of amides is 1. The Hall–Kier alpha value is -4.79. The summed E-state index contributed by atoms with van der Waals surface area (Å²) in [5, 5.41) is 39.0. The standard InChI is InChI=1S/C38H48N2O12/c1-16-12-11-13-17(2)37(48)40-28-27(39-9)32(45)24-25(33(28)46)31(44)21(6)35-26(24)36(47)38(8,52-35)50-15-14-23(49-10)18(3)34(51-22(7)41)20(5)30(43)19(4)29(16)42/h11-16,18-20,23,29-30,34,39,42-44H,1-10H3,(H,40,48)/b12-11-,15-14-,17-13-. The van der Waals surface area contributed by atoms with Crippen molar-refractivity contribution in [3.05, 3.63) is 69.8 Å². The van der Waals surface area contributed by atoms with Crippen molar-refractivity contribution in [1.82, 2.24) is 10.6 Å². The first kappa shape index (κ1) is 40.0. The lowest BCUT2D eigenvalue weighted by atomic mass is 9.78. The van der Waals surface area contributed by atoms with Crippen LogP contribution in [0.2, 0.25) is 0 Å². The molecule has 1 aromatic carbocycles. The third kappa shape index (κ3) is 7.14. The van der Waals surface area contributed by atoms with Crippen LogP contribution in [0.3, 0.4) is 0 Å². The molecule has 14 nitrogen and oxygen atoms in total. The van der Waals surface area contributed by atoms with Gasteiger partial charge in [0, 0.05) is 62.8 Å². The highest BCUT2D eigenvalue weighted by Gasteiger charge is 2.52. The number of esters is 1. The highest BCUT2D eigenvalue weighted by Crippen LogP contribution is 2.48. The molecule has 5 bridgehead atoms. The van der Waals surface area contributed by atoms with Gasteiger partial charge < -0.3 is 44.9 Å². The van der Waals surface area contributed by atoms with Crippen LogP contribution in [0.25, 0.3) is 0 Å². The zero-order chi connectivity index (χ0) is 39.0. The van der Waals surface area contributed by atoms with E-state index in [0.29, 0.717) is 0 Å². The minimum atomic E-state index is -2.06. The quantitative estimate of drug-likeness (QED) is 0.285. The Morgan fingerprint density at radius 2 is 1.60 bits per heavy atom. The van der Waals surface area contributed by atoms with Crippen LogP contribution in [0.5, 0.6) is 11.5 Å². The van der Waals surface area contributed by atoms with Crippen LogP contribution in [0.4, 0.5) is 0 Å². The molecule has 9 atom stereocenters. The molecule has 1 aromatic rings. The maximum absolute atomic E-state index is 14.1. The number of ketones is 3. The molecule has 0 spiro atoms. The van der Waals surface area contributed by atoms with E-state index >= 15 is 0 Å². The molecule has 4 aliphatic rings. The fourth-order valence-electron chi connectivity index (χ4n) is 6.93. The van der Waals surface area contributed by atoms with E-state index in [1.165, 1.54) is 54.0 Å². The molecule has 1 amide bonds. The lowest BCUT2D eigenvalue weighted by molar-refractivity contribution is -0.160. The molecule has 1 aliphatic carbocycles. The lowest BCUT2D eigenvalue weighted by Crippen LogP contribution is -2.46. The van der Waals surface area contributed by atoms with Crippen LogP contribution >= 0.6 is 0 Å². The van der Waals surface area contributed by atoms with E-state index in [-0.39, 0.29) is 28.1 Å². The zero-order valence-corrected chi connectivity index (χ0v) is 31.0. The molecular formula is C38H48N2O12. The normalized spacial score (nSPS) is 33.7. The largest absolute Gasteiger partial charge is 0.507 e. The van der Waals surface area contributed by atoms with Crippen molar-refractivity contribution in [1.29, 1.82) is 0 Å². The number of likely N-dealkylation sites (N-methyl/N-ethyl adjacent to an activating group) is 1. The molecule has 0 aromatic heterocycles. The summed E-state index contributed by atoms with van der Waals surface area (Å²) in [7, 11) is 2.79. The van der Waals surface area contributed by atoms with Gasteiger partial charge in [-0.25, -0.2) is 0 Å². The van der Waals surface area contributed by atoms with E-state index in [2.05, 4.69) is 10.6 Å². The third-order valence-electron chi connectivity index (χ3n) is 10.2.